The number of benzene rings is 1. The highest BCUT2D eigenvalue weighted by atomic mass is 32.2. The molecule has 0 bridgehead atoms. The first-order valence-corrected chi connectivity index (χ1v) is 8.52. The summed E-state index contributed by atoms with van der Waals surface area (Å²) in [6.45, 7) is 5.92. The van der Waals surface area contributed by atoms with Crippen molar-refractivity contribution in [3.8, 4) is 0 Å². The Hall–Kier alpha value is -1.46. The molecule has 1 atom stereocenters. The summed E-state index contributed by atoms with van der Waals surface area (Å²) in [6, 6.07) is 8.07. The van der Waals surface area contributed by atoms with Gasteiger partial charge in [-0.2, -0.15) is 5.10 Å². The van der Waals surface area contributed by atoms with Gasteiger partial charge in [-0.05, 0) is 38.3 Å². The number of hydrogen-bond donors (Lipinski definition) is 1. The van der Waals surface area contributed by atoms with E-state index in [9.17, 15) is 4.21 Å². The summed E-state index contributed by atoms with van der Waals surface area (Å²) in [6.07, 6.45) is 3.08. The molecule has 3 rings (SSSR count). The van der Waals surface area contributed by atoms with Crippen LogP contribution in [0.5, 0.6) is 0 Å². The second-order valence-corrected chi connectivity index (χ2v) is 7.04. The third kappa shape index (κ3) is 2.94. The fourth-order valence-corrected chi connectivity index (χ4v) is 4.27. The van der Waals surface area contributed by atoms with E-state index in [1.165, 1.54) is 5.56 Å². The monoisotopic (exact) mass is 303 g/mol. The lowest BCUT2D eigenvalue weighted by Gasteiger charge is -2.16. The van der Waals surface area contributed by atoms with Crippen LogP contribution in [0.2, 0.25) is 0 Å². The maximum absolute atomic E-state index is 12.8. The van der Waals surface area contributed by atoms with E-state index in [0.717, 1.165) is 54.2 Å². The summed E-state index contributed by atoms with van der Waals surface area (Å²) in [5, 5.41) is 7.28. The van der Waals surface area contributed by atoms with Crippen molar-refractivity contribution in [2.45, 2.75) is 38.0 Å². The van der Waals surface area contributed by atoms with E-state index in [0.29, 0.717) is 0 Å². The van der Waals surface area contributed by atoms with Crippen molar-refractivity contribution in [1.29, 1.82) is 0 Å². The number of rotatable bonds is 4. The predicted octanol–water partition coefficient (Wildman–Crippen LogP) is 2.74. The van der Waals surface area contributed by atoms with Gasteiger partial charge in [0.15, 0.2) is 0 Å². The summed E-state index contributed by atoms with van der Waals surface area (Å²) >= 11 is 0. The SMILES string of the molecule is Cc1n[nH]c(C)c1Cc1ccccc1S(=O)N1CCCC1. The van der Waals surface area contributed by atoms with Gasteiger partial charge >= 0.3 is 0 Å². The van der Waals surface area contributed by atoms with Crippen LogP contribution in [-0.4, -0.2) is 31.8 Å². The molecular formula is C16H21N3OS. The Labute approximate surface area is 128 Å². The van der Waals surface area contributed by atoms with Crippen LogP contribution >= 0.6 is 0 Å². The van der Waals surface area contributed by atoms with E-state index in [4.69, 9.17) is 0 Å². The lowest BCUT2D eigenvalue weighted by Crippen LogP contribution is -2.23. The molecule has 2 heterocycles. The summed E-state index contributed by atoms with van der Waals surface area (Å²) in [5.74, 6) is 0. The van der Waals surface area contributed by atoms with E-state index in [-0.39, 0.29) is 0 Å². The molecule has 0 radical (unpaired) electrons. The van der Waals surface area contributed by atoms with Gasteiger partial charge in [-0.25, -0.2) is 8.51 Å². The third-order valence-electron chi connectivity index (χ3n) is 4.11. The van der Waals surface area contributed by atoms with Gasteiger partial charge in [0.2, 0.25) is 0 Å². The van der Waals surface area contributed by atoms with Crippen molar-refractivity contribution < 1.29 is 4.21 Å². The topological polar surface area (TPSA) is 49.0 Å². The van der Waals surface area contributed by atoms with Gasteiger partial charge in [-0.15, -0.1) is 0 Å². The first-order valence-electron chi connectivity index (χ1n) is 7.42. The molecule has 4 nitrogen and oxygen atoms in total. The summed E-state index contributed by atoms with van der Waals surface area (Å²) in [5.41, 5.74) is 4.46. The fourth-order valence-electron chi connectivity index (χ4n) is 2.84. The minimum absolute atomic E-state index is 0.782. The van der Waals surface area contributed by atoms with Crippen LogP contribution in [0.15, 0.2) is 29.2 Å². The quantitative estimate of drug-likeness (QED) is 0.944. The van der Waals surface area contributed by atoms with Gasteiger partial charge in [0.1, 0.15) is 11.0 Å². The lowest BCUT2D eigenvalue weighted by atomic mass is 10.0. The average Bonchev–Trinajstić information content (AvgIpc) is 3.13. The molecule has 1 aromatic carbocycles. The molecule has 1 saturated heterocycles. The number of H-pyrrole nitrogens is 1. The first-order chi connectivity index (χ1) is 10.2. The second-order valence-electron chi connectivity index (χ2n) is 5.58. The molecule has 1 aromatic heterocycles. The van der Waals surface area contributed by atoms with E-state index >= 15 is 0 Å². The molecule has 5 heteroatoms. The van der Waals surface area contributed by atoms with Crippen molar-refractivity contribution in [2.24, 2.45) is 0 Å². The number of aromatic nitrogens is 2. The van der Waals surface area contributed by atoms with E-state index in [1.54, 1.807) is 0 Å². The number of nitrogens with one attached hydrogen (secondary N) is 1. The van der Waals surface area contributed by atoms with Crippen LogP contribution in [0.3, 0.4) is 0 Å². The van der Waals surface area contributed by atoms with Gasteiger partial charge in [0, 0.05) is 30.8 Å². The number of hydrogen-bond acceptors (Lipinski definition) is 2. The third-order valence-corrected chi connectivity index (χ3v) is 5.72. The van der Waals surface area contributed by atoms with Gasteiger partial charge in [-0.1, -0.05) is 18.2 Å². The zero-order valence-corrected chi connectivity index (χ0v) is 13.4. The summed E-state index contributed by atoms with van der Waals surface area (Å²) in [4.78, 5) is 0.944. The molecule has 0 aliphatic carbocycles. The maximum atomic E-state index is 12.8. The second kappa shape index (κ2) is 6.12. The molecule has 112 valence electrons. The van der Waals surface area contributed by atoms with Crippen molar-refractivity contribution in [3.63, 3.8) is 0 Å². The minimum atomic E-state index is -1.04. The van der Waals surface area contributed by atoms with Crippen molar-refractivity contribution >= 4 is 11.0 Å². The minimum Gasteiger partial charge on any atom is -0.282 e. The first kappa shape index (κ1) is 14.5. The van der Waals surface area contributed by atoms with Gasteiger partial charge < -0.3 is 0 Å². The van der Waals surface area contributed by atoms with Gasteiger partial charge in [0.05, 0.1) is 10.6 Å². The average molecular weight is 303 g/mol. The van der Waals surface area contributed by atoms with E-state index in [2.05, 4.69) is 20.6 Å². The van der Waals surface area contributed by atoms with E-state index in [1.807, 2.05) is 32.0 Å². The smallest absolute Gasteiger partial charge is 0.127 e. The zero-order chi connectivity index (χ0) is 14.8. The Bertz CT molecular complexity index is 640. The van der Waals surface area contributed by atoms with E-state index < -0.39 is 11.0 Å². The van der Waals surface area contributed by atoms with Crippen molar-refractivity contribution in [3.05, 3.63) is 46.8 Å². The maximum Gasteiger partial charge on any atom is 0.127 e. The molecule has 0 spiro atoms. The molecular weight excluding hydrogens is 282 g/mol. The number of nitrogens with zero attached hydrogens (tertiary/aromatic N) is 2. The summed E-state index contributed by atoms with van der Waals surface area (Å²) < 4.78 is 14.9. The van der Waals surface area contributed by atoms with Crippen molar-refractivity contribution in [1.82, 2.24) is 14.5 Å². The Kier molecular flexibility index (Phi) is 4.22. The highest BCUT2D eigenvalue weighted by Gasteiger charge is 2.21. The molecule has 1 N–H and O–H groups in total. The standard InChI is InChI=1S/C16H21N3OS/c1-12-15(13(2)18-17-12)11-14-7-3-4-8-16(14)21(20)19-9-5-6-10-19/h3-4,7-8H,5-6,9-11H2,1-2H3,(H,17,18). The van der Waals surface area contributed by atoms with Crippen LogP contribution in [0.1, 0.15) is 35.4 Å². The fraction of sp³-hybridized carbons (Fsp3) is 0.438. The van der Waals surface area contributed by atoms with Gasteiger partial charge in [-0.3, -0.25) is 5.10 Å². The molecule has 1 fully saturated rings. The number of aryl methyl sites for hydroxylation is 2. The van der Waals surface area contributed by atoms with Crippen molar-refractivity contribution in [2.75, 3.05) is 13.1 Å². The molecule has 1 aliphatic heterocycles. The van der Waals surface area contributed by atoms with Crippen LogP contribution in [-0.2, 0) is 17.4 Å². The number of aromatic amines is 1. The van der Waals surface area contributed by atoms with Crippen LogP contribution in [0.4, 0.5) is 0 Å². The highest BCUT2D eigenvalue weighted by molar-refractivity contribution is 7.82. The summed E-state index contributed by atoms with van der Waals surface area (Å²) in [7, 11) is -1.04. The predicted molar refractivity (Wildman–Crippen MR) is 84.5 cm³/mol. The molecule has 1 unspecified atom stereocenters. The zero-order valence-electron chi connectivity index (χ0n) is 12.6. The lowest BCUT2D eigenvalue weighted by molar-refractivity contribution is 0.535. The Balaban J connectivity index is 1.91. The largest absolute Gasteiger partial charge is 0.282 e. The molecule has 1 aliphatic rings. The molecule has 0 saturated carbocycles. The van der Waals surface area contributed by atoms with Crippen LogP contribution < -0.4 is 0 Å². The Morgan fingerprint density at radius 3 is 2.62 bits per heavy atom. The Morgan fingerprint density at radius 1 is 1.24 bits per heavy atom. The molecule has 2 aromatic rings. The Morgan fingerprint density at radius 2 is 1.95 bits per heavy atom. The molecule has 0 amide bonds. The van der Waals surface area contributed by atoms with Gasteiger partial charge in [0.25, 0.3) is 0 Å². The van der Waals surface area contributed by atoms with Crippen LogP contribution in [0.25, 0.3) is 0 Å². The highest BCUT2D eigenvalue weighted by Crippen LogP contribution is 2.24. The molecule has 21 heavy (non-hydrogen) atoms. The van der Waals surface area contributed by atoms with Crippen LogP contribution in [0, 0.1) is 13.8 Å². The normalized spacial score (nSPS) is 17.2.